The van der Waals surface area contributed by atoms with Crippen molar-refractivity contribution in [2.24, 2.45) is 10.8 Å². The van der Waals surface area contributed by atoms with Crippen molar-refractivity contribution in [3.8, 4) is 23.0 Å². The van der Waals surface area contributed by atoms with Crippen molar-refractivity contribution in [2.75, 3.05) is 0 Å². The average molecular weight is 803 g/mol. The lowest BCUT2D eigenvalue weighted by Crippen LogP contribution is -2.54. The highest BCUT2D eigenvalue weighted by Gasteiger charge is 2.51. The van der Waals surface area contributed by atoms with Crippen molar-refractivity contribution in [1.82, 2.24) is 0 Å². The van der Waals surface area contributed by atoms with E-state index in [0.29, 0.717) is 30.8 Å². The molecule has 318 valence electrons. The van der Waals surface area contributed by atoms with E-state index in [2.05, 4.69) is 90.1 Å². The Bertz CT molecular complexity index is 2000. The number of benzene rings is 4. The lowest BCUT2D eigenvalue weighted by atomic mass is 9.65. The van der Waals surface area contributed by atoms with Crippen molar-refractivity contribution in [3.63, 3.8) is 0 Å². The Balaban J connectivity index is 1.30. The first-order chi connectivity index (χ1) is 27.8. The second kappa shape index (κ2) is 18.0. The summed E-state index contributed by atoms with van der Waals surface area (Å²) in [7, 11) is 0. The van der Waals surface area contributed by atoms with Gasteiger partial charge in [0.25, 0.3) is 0 Å². The van der Waals surface area contributed by atoms with Crippen LogP contribution in [0.2, 0.25) is 0 Å². The molecule has 0 bridgehead atoms. The Morgan fingerprint density at radius 1 is 0.492 bits per heavy atom. The molecule has 2 atom stereocenters. The molecule has 5 rings (SSSR count). The third kappa shape index (κ3) is 9.74. The number of ether oxygens (including phenoxy) is 4. The van der Waals surface area contributed by atoms with E-state index in [0.717, 1.165) is 49.2 Å². The van der Waals surface area contributed by atoms with Gasteiger partial charge < -0.3 is 18.9 Å². The molecule has 0 amide bonds. The number of hydrogen-bond donors (Lipinski definition) is 0. The zero-order valence-corrected chi connectivity index (χ0v) is 38.1. The van der Waals surface area contributed by atoms with Gasteiger partial charge >= 0.3 is 11.9 Å². The molecular weight excluding hydrogens is 733 g/mol. The molecule has 0 heterocycles. The maximum absolute atomic E-state index is 14.2. The minimum absolute atomic E-state index is 0.145. The Morgan fingerprint density at radius 2 is 0.915 bits per heavy atom. The van der Waals surface area contributed by atoms with E-state index in [1.165, 1.54) is 23.1 Å². The molecule has 1 fully saturated rings. The maximum atomic E-state index is 14.2. The highest BCUT2D eigenvalue weighted by Crippen LogP contribution is 2.47. The van der Waals surface area contributed by atoms with E-state index in [9.17, 15) is 9.59 Å². The van der Waals surface area contributed by atoms with Gasteiger partial charge in [-0.1, -0.05) is 109 Å². The molecular formula is C53H70O6. The third-order valence-electron chi connectivity index (χ3n) is 14.1. The molecule has 0 radical (unpaired) electrons. The lowest BCUT2D eigenvalue weighted by Gasteiger charge is -2.43. The summed E-state index contributed by atoms with van der Waals surface area (Å²) in [5.41, 5.74) is 1.82. The summed E-state index contributed by atoms with van der Waals surface area (Å²) in [4.78, 5) is 26.9. The van der Waals surface area contributed by atoms with Gasteiger partial charge in [0, 0.05) is 10.8 Å². The van der Waals surface area contributed by atoms with Crippen LogP contribution in [0, 0.1) is 10.8 Å². The third-order valence-corrected chi connectivity index (χ3v) is 14.1. The molecule has 1 aliphatic carbocycles. The van der Waals surface area contributed by atoms with Crippen LogP contribution in [0.15, 0.2) is 97.1 Å². The van der Waals surface area contributed by atoms with Gasteiger partial charge in [0.2, 0.25) is 0 Å². The lowest BCUT2D eigenvalue weighted by molar-refractivity contribution is -0.159. The summed E-state index contributed by atoms with van der Waals surface area (Å²) < 4.78 is 24.9. The quantitative estimate of drug-likeness (QED) is 0.0782. The van der Waals surface area contributed by atoms with Gasteiger partial charge in [0.05, 0.1) is 5.41 Å². The van der Waals surface area contributed by atoms with Crippen LogP contribution in [0.3, 0.4) is 0 Å². The number of carbonyl (C=O) groups excluding carboxylic acids is 2. The minimum Gasteiger partial charge on any atom is -0.488 e. The smallest absolute Gasteiger partial charge is 0.321 e. The zero-order valence-electron chi connectivity index (χ0n) is 38.1. The molecule has 0 spiro atoms. The summed E-state index contributed by atoms with van der Waals surface area (Å²) in [6, 6.07) is 32.8. The first kappa shape index (κ1) is 45.5. The van der Waals surface area contributed by atoms with Crippen molar-refractivity contribution in [3.05, 3.63) is 119 Å². The van der Waals surface area contributed by atoms with E-state index in [-0.39, 0.29) is 28.4 Å². The fourth-order valence-corrected chi connectivity index (χ4v) is 8.20. The highest BCUT2D eigenvalue weighted by atomic mass is 16.5. The van der Waals surface area contributed by atoms with E-state index in [4.69, 9.17) is 18.9 Å². The first-order valence-corrected chi connectivity index (χ1v) is 22.0. The topological polar surface area (TPSA) is 71.1 Å². The number of rotatable bonds is 17. The highest BCUT2D eigenvalue weighted by molar-refractivity contribution is 5.80. The van der Waals surface area contributed by atoms with Crippen LogP contribution in [-0.2, 0) is 20.4 Å². The summed E-state index contributed by atoms with van der Waals surface area (Å²) in [5, 5.41) is 0. The molecule has 0 saturated heterocycles. The Morgan fingerprint density at radius 3 is 1.36 bits per heavy atom. The van der Waals surface area contributed by atoms with Crippen LogP contribution >= 0.6 is 0 Å². The van der Waals surface area contributed by atoms with Crippen molar-refractivity contribution < 1.29 is 28.5 Å². The molecule has 4 aromatic rings. The maximum Gasteiger partial charge on any atom is 0.321 e. The summed E-state index contributed by atoms with van der Waals surface area (Å²) >= 11 is 0. The van der Waals surface area contributed by atoms with Gasteiger partial charge in [-0.3, -0.25) is 9.59 Å². The molecule has 0 aliphatic heterocycles. The van der Waals surface area contributed by atoms with Gasteiger partial charge in [-0.15, -0.1) is 0 Å². The van der Waals surface area contributed by atoms with Crippen molar-refractivity contribution in [1.29, 1.82) is 0 Å². The molecule has 0 N–H and O–H groups in total. The average Bonchev–Trinajstić information content (AvgIpc) is 3.24. The molecule has 1 aliphatic rings. The number of carbonyl (C=O) groups is 2. The van der Waals surface area contributed by atoms with E-state index in [1.54, 1.807) is 0 Å². The van der Waals surface area contributed by atoms with Crippen LogP contribution in [0.5, 0.6) is 23.0 Å². The number of hydrogen-bond acceptors (Lipinski definition) is 6. The second-order valence-corrected chi connectivity index (χ2v) is 19.0. The standard InChI is InChI=1S/C53H70O6/c1-13-48(5,6)46(54)56-42-30-24-40(25-31-42)53(36-18-17-19-37-53)41-26-34-45(35-27-41)59-52(12,16-4)51(11,15-3)47(55)57-43-28-20-38(21-29-43)50(9,10)39-22-32-44(33-23-39)58-49(7,8)14-2/h20-35H,13-19,36-37H2,1-12H3. The van der Waals surface area contributed by atoms with Crippen LogP contribution in [0.4, 0.5) is 0 Å². The SMILES string of the molecule is CCC(C)(C)Oc1ccc(C(C)(C)c2ccc(OC(=O)C(C)(CC)C(C)(CC)Oc3ccc(C4(c5ccc(OC(=O)C(C)(C)CC)cc5)CCCCC4)cc3)cc2)cc1. The van der Waals surface area contributed by atoms with Crippen LogP contribution in [-0.4, -0.2) is 23.1 Å². The number of esters is 2. The molecule has 6 nitrogen and oxygen atoms in total. The Kier molecular flexibility index (Phi) is 13.8. The molecule has 4 aromatic carbocycles. The molecule has 59 heavy (non-hydrogen) atoms. The minimum atomic E-state index is -0.934. The predicted octanol–water partition coefficient (Wildman–Crippen LogP) is 13.7. The first-order valence-electron chi connectivity index (χ1n) is 22.0. The summed E-state index contributed by atoms with van der Waals surface area (Å²) in [6.45, 7) is 24.6. The van der Waals surface area contributed by atoms with Crippen molar-refractivity contribution in [2.45, 2.75) is 163 Å². The van der Waals surface area contributed by atoms with Gasteiger partial charge in [-0.05, 0) is 151 Å². The second-order valence-electron chi connectivity index (χ2n) is 19.0. The van der Waals surface area contributed by atoms with Crippen LogP contribution in [0.1, 0.15) is 163 Å². The Hall–Kier alpha value is -4.58. The summed E-state index contributed by atoms with van der Waals surface area (Å²) in [6.07, 6.45) is 8.38. The van der Waals surface area contributed by atoms with E-state index in [1.807, 2.05) is 90.1 Å². The van der Waals surface area contributed by atoms with Crippen LogP contribution in [0.25, 0.3) is 0 Å². The normalized spacial score (nSPS) is 16.6. The van der Waals surface area contributed by atoms with Gasteiger partial charge in [-0.25, -0.2) is 0 Å². The van der Waals surface area contributed by atoms with Crippen LogP contribution < -0.4 is 18.9 Å². The molecule has 2 unspecified atom stereocenters. The van der Waals surface area contributed by atoms with E-state index < -0.39 is 16.4 Å². The fraction of sp³-hybridized carbons (Fsp3) is 0.509. The van der Waals surface area contributed by atoms with Gasteiger partial charge in [0.15, 0.2) is 0 Å². The van der Waals surface area contributed by atoms with Gasteiger partial charge in [-0.2, -0.15) is 0 Å². The van der Waals surface area contributed by atoms with E-state index >= 15 is 0 Å². The predicted molar refractivity (Wildman–Crippen MR) is 240 cm³/mol. The monoisotopic (exact) mass is 803 g/mol. The van der Waals surface area contributed by atoms with Crippen molar-refractivity contribution >= 4 is 11.9 Å². The molecule has 0 aromatic heterocycles. The van der Waals surface area contributed by atoms with Gasteiger partial charge in [0.1, 0.15) is 39.6 Å². The fourth-order valence-electron chi connectivity index (χ4n) is 8.20. The molecule has 6 heteroatoms. The molecule has 1 saturated carbocycles. The zero-order chi connectivity index (χ0) is 43.3. The largest absolute Gasteiger partial charge is 0.488 e. The Labute approximate surface area is 355 Å². The summed E-state index contributed by atoms with van der Waals surface area (Å²) in [5.74, 6) is 2.14.